The first-order chi connectivity index (χ1) is 10.9. The molecule has 142 valence electrons. The van der Waals surface area contributed by atoms with E-state index in [2.05, 4.69) is 0 Å². The van der Waals surface area contributed by atoms with Crippen molar-refractivity contribution < 1.29 is 37.4 Å². The molecule has 2 saturated heterocycles. The highest BCUT2D eigenvalue weighted by Crippen LogP contribution is 2.35. The van der Waals surface area contributed by atoms with Gasteiger partial charge in [0.2, 0.25) is 0 Å². The van der Waals surface area contributed by atoms with E-state index >= 15 is 0 Å². The maximum Gasteiger partial charge on any atom is 0.681 e. The van der Waals surface area contributed by atoms with Crippen molar-refractivity contribution in [1.82, 2.24) is 0 Å². The second-order valence-corrected chi connectivity index (χ2v) is 10.0. The van der Waals surface area contributed by atoms with Crippen LogP contribution in [0.3, 0.4) is 0 Å². The van der Waals surface area contributed by atoms with Crippen LogP contribution in [0.5, 0.6) is 0 Å². The number of methoxy groups -OCH3 is 1. The third-order valence-corrected chi connectivity index (χ3v) is 6.25. The number of hydrogen-bond donors (Lipinski definition) is 2. The van der Waals surface area contributed by atoms with Gasteiger partial charge in [0.05, 0.1) is 17.8 Å². The number of aliphatic hydroxyl groups excluding tert-OH is 2. The van der Waals surface area contributed by atoms with Crippen LogP contribution in [-0.2, 0) is 27.2 Å². The number of ether oxygens (including phenoxy) is 2. The molecule has 0 spiro atoms. The van der Waals surface area contributed by atoms with E-state index < -0.39 is 51.0 Å². The second-order valence-electron chi connectivity index (χ2n) is 8.08. The summed E-state index contributed by atoms with van der Waals surface area (Å²) in [4.78, 5) is 0. The van der Waals surface area contributed by atoms with E-state index in [1.165, 1.54) is 7.11 Å². The van der Waals surface area contributed by atoms with Gasteiger partial charge in [0.15, 0.2) is 6.29 Å². The first-order valence-electron chi connectivity index (χ1n) is 8.12. The molecule has 0 aromatic rings. The summed E-state index contributed by atoms with van der Waals surface area (Å²) >= 11 is 0. The molecule has 2 aliphatic heterocycles. The summed E-state index contributed by atoms with van der Waals surface area (Å²) in [7, 11) is -2.16. The van der Waals surface area contributed by atoms with Gasteiger partial charge in [-0.1, -0.05) is 0 Å². The van der Waals surface area contributed by atoms with Gasteiger partial charge in [-0.15, -0.1) is 0 Å². The molecule has 0 bridgehead atoms. The lowest BCUT2D eigenvalue weighted by molar-refractivity contribution is -0.315. The van der Waals surface area contributed by atoms with E-state index in [1.807, 2.05) is 41.5 Å². The van der Waals surface area contributed by atoms with E-state index in [1.54, 1.807) is 0 Å². The van der Waals surface area contributed by atoms with Crippen LogP contribution < -0.4 is 0 Å². The van der Waals surface area contributed by atoms with Crippen molar-refractivity contribution in [3.8, 4) is 0 Å². The zero-order valence-electron chi connectivity index (χ0n) is 15.4. The molecule has 0 radical (unpaired) electrons. The van der Waals surface area contributed by atoms with Crippen LogP contribution in [0.1, 0.15) is 41.5 Å². The zero-order chi connectivity index (χ0) is 18.3. The largest absolute Gasteiger partial charge is 0.681 e. The van der Waals surface area contributed by atoms with Crippen molar-refractivity contribution in [3.05, 3.63) is 0 Å². The molecule has 0 aromatic carbocycles. The predicted octanol–water partition coefficient (Wildman–Crippen LogP) is 0.561. The molecule has 2 fully saturated rings. The Bertz CT molecular complexity index is 414. The Morgan fingerprint density at radius 3 is 1.96 bits per heavy atom. The Balaban J connectivity index is 2.24. The van der Waals surface area contributed by atoms with Crippen LogP contribution in [-0.4, -0.2) is 74.9 Å². The molecule has 2 N–H and O–H groups in total. The Kier molecular flexibility index (Phi) is 5.81. The van der Waals surface area contributed by atoms with Gasteiger partial charge in [0.1, 0.15) is 24.4 Å². The Morgan fingerprint density at radius 2 is 1.50 bits per heavy atom. The number of fused-ring (bicyclic) bond motifs is 1. The number of rotatable bonds is 3. The highest BCUT2D eigenvalue weighted by atomic mass is 28.4. The third-order valence-electron chi connectivity index (χ3n) is 3.44. The quantitative estimate of drug-likeness (QED) is 0.700. The van der Waals surface area contributed by atoms with Crippen molar-refractivity contribution in [3.63, 3.8) is 0 Å². The standard InChI is InChI=1S/C15H30O8Si/c1-14(2,3)22-24(23-15(4,5)6)19-8-9-12(21-24)10(16)11(17)13(18-7)20-9/h9-13,16-17H,8H2,1-7H3/t9?,10?,11?,12-,13+/m0/s1. The zero-order valence-corrected chi connectivity index (χ0v) is 16.4. The van der Waals surface area contributed by atoms with Crippen molar-refractivity contribution in [2.45, 2.75) is 83.5 Å². The van der Waals surface area contributed by atoms with E-state index in [9.17, 15) is 10.2 Å². The average Bonchev–Trinajstić information content (AvgIpc) is 2.39. The molecule has 8 nitrogen and oxygen atoms in total. The summed E-state index contributed by atoms with van der Waals surface area (Å²) in [5.74, 6) is 0. The maximum atomic E-state index is 10.4. The van der Waals surface area contributed by atoms with Crippen molar-refractivity contribution in [1.29, 1.82) is 0 Å². The maximum absolute atomic E-state index is 10.4. The van der Waals surface area contributed by atoms with Crippen molar-refractivity contribution in [2.75, 3.05) is 13.7 Å². The first kappa shape index (κ1) is 20.2. The molecule has 5 atom stereocenters. The van der Waals surface area contributed by atoms with Crippen LogP contribution in [0.15, 0.2) is 0 Å². The smallest absolute Gasteiger partial charge is 0.387 e. The summed E-state index contributed by atoms with van der Waals surface area (Å²) in [5.41, 5.74) is -1.14. The third kappa shape index (κ3) is 4.74. The van der Waals surface area contributed by atoms with Crippen molar-refractivity contribution >= 4 is 9.05 Å². The number of hydrogen-bond acceptors (Lipinski definition) is 8. The van der Waals surface area contributed by atoms with Gasteiger partial charge in [-0.05, 0) is 41.5 Å². The summed E-state index contributed by atoms with van der Waals surface area (Å²) in [6, 6.07) is 0. The fourth-order valence-corrected chi connectivity index (χ4v) is 5.46. The van der Waals surface area contributed by atoms with Crippen LogP contribution in [0, 0.1) is 0 Å². The molecule has 0 aromatic heterocycles. The molecule has 24 heavy (non-hydrogen) atoms. The molecule has 2 heterocycles. The summed E-state index contributed by atoms with van der Waals surface area (Å²) in [6.07, 6.45) is -4.77. The number of aliphatic hydroxyl groups is 2. The SMILES string of the molecule is CO[C@@H]1OC2CO[Si](OC(C)(C)C)(OC(C)(C)C)O[C@@H]2C(O)C1O. The first-order valence-corrected chi connectivity index (χ1v) is 9.76. The lowest BCUT2D eigenvalue weighted by Gasteiger charge is -2.49. The van der Waals surface area contributed by atoms with E-state index in [0.29, 0.717) is 0 Å². The van der Waals surface area contributed by atoms with Gasteiger partial charge in [-0.25, -0.2) is 0 Å². The average molecular weight is 366 g/mol. The molecule has 3 unspecified atom stereocenters. The summed E-state index contributed by atoms with van der Waals surface area (Å²) in [5, 5.41) is 20.5. The lowest BCUT2D eigenvalue weighted by Crippen LogP contribution is -2.70. The lowest BCUT2D eigenvalue weighted by atomic mass is 9.99. The van der Waals surface area contributed by atoms with Crippen LogP contribution in [0.25, 0.3) is 0 Å². The van der Waals surface area contributed by atoms with E-state index in [-0.39, 0.29) is 6.61 Å². The second kappa shape index (κ2) is 6.90. The van der Waals surface area contributed by atoms with E-state index in [4.69, 9.17) is 27.2 Å². The molecule has 0 amide bonds. The van der Waals surface area contributed by atoms with E-state index in [0.717, 1.165) is 0 Å². The molecule has 2 rings (SSSR count). The molecule has 9 heteroatoms. The summed E-state index contributed by atoms with van der Waals surface area (Å²) in [6.45, 7) is 11.3. The van der Waals surface area contributed by atoms with Gasteiger partial charge >= 0.3 is 9.05 Å². The van der Waals surface area contributed by atoms with Crippen LogP contribution in [0.2, 0.25) is 0 Å². The highest BCUT2D eigenvalue weighted by Gasteiger charge is 2.61. The molecular formula is C15H30O8Si. The molecule has 0 aliphatic carbocycles. The monoisotopic (exact) mass is 366 g/mol. The topological polar surface area (TPSA) is 95.8 Å². The Morgan fingerprint density at radius 1 is 0.958 bits per heavy atom. The fourth-order valence-electron chi connectivity index (χ4n) is 2.64. The summed E-state index contributed by atoms with van der Waals surface area (Å²) < 4.78 is 34.5. The van der Waals surface area contributed by atoms with Gasteiger partial charge in [0, 0.05) is 7.11 Å². The van der Waals surface area contributed by atoms with Gasteiger partial charge in [0.25, 0.3) is 0 Å². The van der Waals surface area contributed by atoms with Gasteiger partial charge in [-0.2, -0.15) is 0 Å². The molecule has 0 saturated carbocycles. The Labute approximate surface area is 144 Å². The predicted molar refractivity (Wildman–Crippen MR) is 85.9 cm³/mol. The van der Waals surface area contributed by atoms with Crippen molar-refractivity contribution in [2.24, 2.45) is 0 Å². The minimum Gasteiger partial charge on any atom is -0.387 e. The van der Waals surface area contributed by atoms with Gasteiger partial charge < -0.3 is 37.4 Å². The molecular weight excluding hydrogens is 336 g/mol. The molecule has 2 aliphatic rings. The minimum atomic E-state index is -3.56. The Hall–Kier alpha value is -0.103. The van der Waals surface area contributed by atoms with Crippen LogP contribution in [0.4, 0.5) is 0 Å². The minimum absolute atomic E-state index is 0.118. The normalized spacial score (nSPS) is 37.1. The highest BCUT2D eigenvalue weighted by molar-refractivity contribution is 6.54. The fraction of sp³-hybridized carbons (Fsp3) is 1.00. The van der Waals surface area contributed by atoms with Gasteiger partial charge in [-0.3, -0.25) is 0 Å². The van der Waals surface area contributed by atoms with Crippen LogP contribution >= 0.6 is 0 Å².